The Balaban J connectivity index is 1.48. The van der Waals surface area contributed by atoms with Gasteiger partial charge in [-0.2, -0.15) is 0 Å². The molecule has 0 bridgehead atoms. The summed E-state index contributed by atoms with van der Waals surface area (Å²) >= 11 is 0. The predicted octanol–water partition coefficient (Wildman–Crippen LogP) is 12.6. The van der Waals surface area contributed by atoms with Gasteiger partial charge in [-0.15, -0.1) is 0 Å². The third kappa shape index (κ3) is 4.17. The van der Waals surface area contributed by atoms with Crippen LogP contribution in [0.15, 0.2) is 174 Å². The zero-order chi connectivity index (χ0) is 43.7. The Morgan fingerprint density at radius 2 is 0.956 bits per heavy atom. The van der Waals surface area contributed by atoms with Crippen molar-refractivity contribution in [2.45, 2.75) is 0 Å². The highest BCUT2D eigenvalue weighted by Crippen LogP contribution is 2.48. The Bertz CT molecular complexity index is 3330. The van der Waals surface area contributed by atoms with E-state index < -0.39 is 90.2 Å². The normalized spacial score (nSPS) is 16.5. The van der Waals surface area contributed by atoms with Crippen LogP contribution in [-0.2, 0) is 0 Å². The van der Waals surface area contributed by atoms with Gasteiger partial charge in [-0.25, -0.2) is 0 Å². The molecular weight excluding hydrogens is 544 g/mol. The Morgan fingerprint density at radius 3 is 1.62 bits per heavy atom. The monoisotopic (exact) mass is 588 g/mol. The molecule has 0 aliphatic rings. The summed E-state index contributed by atoms with van der Waals surface area (Å²) in [5.74, 6) is 0. The van der Waals surface area contributed by atoms with E-state index in [1.165, 1.54) is 0 Å². The molecule has 210 valence electrons. The van der Waals surface area contributed by atoms with Gasteiger partial charge >= 0.3 is 0 Å². The quantitative estimate of drug-likeness (QED) is 0.186. The van der Waals surface area contributed by atoms with Crippen molar-refractivity contribution >= 4 is 43.5 Å². The lowest BCUT2D eigenvalue weighted by Gasteiger charge is -2.19. The second-order valence-electron chi connectivity index (χ2n) is 10.4. The van der Waals surface area contributed by atoms with Gasteiger partial charge in [0.1, 0.15) is 11.2 Å². The summed E-state index contributed by atoms with van der Waals surface area (Å²) < 4.78 is 145. The van der Waals surface area contributed by atoms with Gasteiger partial charge in [-0.05, 0) is 90.2 Å². The minimum atomic E-state index is -0.688. The molecular formula is C44H28O. The first-order valence-corrected chi connectivity index (χ1v) is 14.1. The van der Waals surface area contributed by atoms with E-state index in [1.807, 2.05) is 18.2 Å². The molecule has 1 heteroatoms. The molecule has 1 aromatic heterocycles. The van der Waals surface area contributed by atoms with Crippen LogP contribution in [0, 0.1) is 0 Å². The van der Waals surface area contributed by atoms with E-state index in [4.69, 9.17) is 23.6 Å². The van der Waals surface area contributed by atoms with Crippen molar-refractivity contribution in [3.05, 3.63) is 169 Å². The van der Waals surface area contributed by atoms with Crippen LogP contribution in [0.2, 0.25) is 0 Å². The lowest BCUT2D eigenvalue weighted by molar-refractivity contribution is 0.669. The third-order valence-corrected chi connectivity index (χ3v) is 7.94. The molecule has 8 aromatic carbocycles. The minimum Gasteiger partial charge on any atom is -0.456 e. The van der Waals surface area contributed by atoms with E-state index in [-0.39, 0.29) is 50.7 Å². The van der Waals surface area contributed by atoms with E-state index in [0.29, 0.717) is 43.8 Å². The number of fused-ring (bicyclic) bond motifs is 5. The molecule has 0 aliphatic heterocycles. The fourth-order valence-electron chi connectivity index (χ4n) is 6.10. The molecule has 0 aliphatic carbocycles. The summed E-state index contributed by atoms with van der Waals surface area (Å²) in [6, 6.07) is 12.6. The summed E-state index contributed by atoms with van der Waals surface area (Å²) in [7, 11) is 0. The first-order valence-electron chi connectivity index (χ1n) is 22.1. The Kier molecular flexibility index (Phi) is 3.28. The maximum Gasteiger partial charge on any atom is 0.136 e. The van der Waals surface area contributed by atoms with Crippen LogP contribution in [0.5, 0.6) is 0 Å². The molecule has 1 heterocycles. The van der Waals surface area contributed by atoms with Gasteiger partial charge in [0.2, 0.25) is 0 Å². The van der Waals surface area contributed by atoms with Crippen molar-refractivity contribution in [1.29, 1.82) is 0 Å². The van der Waals surface area contributed by atoms with Crippen LogP contribution in [0.3, 0.4) is 0 Å². The first-order chi connectivity index (χ1) is 29.0. The van der Waals surface area contributed by atoms with Crippen LogP contribution in [-0.4, -0.2) is 0 Å². The SMILES string of the molecule is [2H]c1c([2H])c([2H])c(-c2cccc(-c3c4ccccc4c(-c4c([2H])c(-c5c([2H])c([2H])c([2H])c([2H])c5[2H])c([2H])c5oc6c([2H])c([2H])c([2H])c([2H])c6c45)c4ccccc34)c2)c([2H])c1[2H]. The topological polar surface area (TPSA) is 13.1 Å². The lowest BCUT2D eigenvalue weighted by Crippen LogP contribution is -1.92. The standard InChI is InChI=1S/C44H28O/c1-3-14-29(15-4-1)31-18-13-19-32(26-31)42-34-20-7-9-22-36(34)43(37-23-10-8-21-35(37)42)39-27-33(30-16-5-2-6-17-30)28-41-44(39)38-24-11-12-25-40(38)45-41/h1-28H/i1D,2D,3D,4D,5D,6D,11D,12D,14D,15D,16D,17D,24D,25D,27D,28D. The Morgan fingerprint density at radius 1 is 0.400 bits per heavy atom. The molecule has 9 rings (SSSR count). The Hall–Kier alpha value is -5.92. The zero-order valence-electron chi connectivity index (χ0n) is 39.3. The van der Waals surface area contributed by atoms with Crippen LogP contribution in [0.25, 0.3) is 88.0 Å². The number of furan rings is 1. The maximum absolute atomic E-state index is 9.98. The average Bonchev–Trinajstić information content (AvgIpc) is 3.67. The largest absolute Gasteiger partial charge is 0.456 e. The fraction of sp³-hybridized carbons (Fsp3) is 0. The molecule has 0 unspecified atom stereocenters. The molecule has 0 atom stereocenters. The van der Waals surface area contributed by atoms with E-state index in [9.17, 15) is 2.74 Å². The fourth-order valence-corrected chi connectivity index (χ4v) is 6.10. The summed E-state index contributed by atoms with van der Waals surface area (Å²) in [6.45, 7) is 0. The van der Waals surface area contributed by atoms with Crippen LogP contribution < -0.4 is 0 Å². The number of hydrogen-bond acceptors (Lipinski definition) is 1. The highest BCUT2D eigenvalue weighted by molar-refractivity contribution is 6.26. The average molecular weight is 589 g/mol. The van der Waals surface area contributed by atoms with Crippen LogP contribution in [0.4, 0.5) is 0 Å². The number of rotatable bonds is 4. The molecule has 0 saturated carbocycles. The molecule has 0 spiro atoms. The van der Waals surface area contributed by atoms with Gasteiger partial charge in [0, 0.05) is 10.8 Å². The van der Waals surface area contributed by atoms with Crippen molar-refractivity contribution in [1.82, 2.24) is 0 Å². The van der Waals surface area contributed by atoms with Crippen LogP contribution in [0.1, 0.15) is 21.9 Å². The zero-order valence-corrected chi connectivity index (χ0v) is 23.3. The van der Waals surface area contributed by atoms with Crippen LogP contribution >= 0.6 is 0 Å². The highest BCUT2D eigenvalue weighted by atomic mass is 16.3. The molecule has 0 fully saturated rings. The molecule has 1 nitrogen and oxygen atoms in total. The summed E-state index contributed by atoms with van der Waals surface area (Å²) in [5.41, 5.74) is 0.718. The van der Waals surface area contributed by atoms with Gasteiger partial charge in [-0.3, -0.25) is 0 Å². The third-order valence-electron chi connectivity index (χ3n) is 7.94. The van der Waals surface area contributed by atoms with Crippen molar-refractivity contribution < 1.29 is 26.3 Å². The molecule has 0 radical (unpaired) electrons. The predicted molar refractivity (Wildman–Crippen MR) is 190 cm³/mol. The maximum atomic E-state index is 9.98. The van der Waals surface area contributed by atoms with E-state index in [1.54, 1.807) is 54.6 Å². The molecule has 9 aromatic rings. The van der Waals surface area contributed by atoms with E-state index >= 15 is 0 Å². The van der Waals surface area contributed by atoms with E-state index in [0.717, 1.165) is 0 Å². The molecule has 0 saturated heterocycles. The second-order valence-corrected chi connectivity index (χ2v) is 10.4. The first kappa shape index (κ1) is 14.2. The summed E-state index contributed by atoms with van der Waals surface area (Å²) in [5, 5.41) is 2.19. The molecule has 45 heavy (non-hydrogen) atoms. The van der Waals surface area contributed by atoms with Gasteiger partial charge in [0.05, 0.1) is 21.9 Å². The van der Waals surface area contributed by atoms with Gasteiger partial charge in [-0.1, -0.05) is 145 Å². The summed E-state index contributed by atoms with van der Waals surface area (Å²) in [6.07, 6.45) is 0. The van der Waals surface area contributed by atoms with Gasteiger partial charge in [0.15, 0.2) is 0 Å². The highest BCUT2D eigenvalue weighted by Gasteiger charge is 2.21. The number of hydrogen-bond donors (Lipinski definition) is 0. The minimum absolute atomic E-state index is 0.000595. The van der Waals surface area contributed by atoms with Gasteiger partial charge in [0.25, 0.3) is 0 Å². The smallest absolute Gasteiger partial charge is 0.136 e. The van der Waals surface area contributed by atoms with Gasteiger partial charge < -0.3 is 4.42 Å². The molecule has 0 N–H and O–H groups in total. The van der Waals surface area contributed by atoms with E-state index in [2.05, 4.69) is 0 Å². The van der Waals surface area contributed by atoms with Crippen molar-refractivity contribution in [2.24, 2.45) is 0 Å². The number of benzene rings is 8. The molecule has 0 amide bonds. The Labute approximate surface area is 284 Å². The van der Waals surface area contributed by atoms with Crippen molar-refractivity contribution in [3.63, 3.8) is 0 Å². The number of para-hydroxylation sites is 1. The van der Waals surface area contributed by atoms with Crippen molar-refractivity contribution in [2.75, 3.05) is 0 Å². The second kappa shape index (κ2) is 10.4. The van der Waals surface area contributed by atoms with Crippen molar-refractivity contribution in [3.8, 4) is 44.5 Å². The summed E-state index contributed by atoms with van der Waals surface area (Å²) in [4.78, 5) is 0. The lowest BCUT2D eigenvalue weighted by atomic mass is 9.83.